The van der Waals surface area contributed by atoms with Gasteiger partial charge in [0.1, 0.15) is 0 Å². The van der Waals surface area contributed by atoms with Crippen LogP contribution in [0, 0.1) is 13.8 Å². The Morgan fingerprint density at radius 1 is 1.26 bits per heavy atom. The van der Waals surface area contributed by atoms with E-state index >= 15 is 0 Å². The largest absolute Gasteiger partial charge is 0.393 e. The summed E-state index contributed by atoms with van der Waals surface area (Å²) in [6.07, 6.45) is 2.54. The summed E-state index contributed by atoms with van der Waals surface area (Å²) in [6.45, 7) is 3.67. The molecule has 1 aromatic rings. The highest BCUT2D eigenvalue weighted by molar-refractivity contribution is 7.89. The zero-order valence-electron chi connectivity index (χ0n) is 11.4. The van der Waals surface area contributed by atoms with Crippen LogP contribution in [-0.2, 0) is 10.0 Å². The minimum atomic E-state index is -3.50. The van der Waals surface area contributed by atoms with E-state index in [4.69, 9.17) is 0 Å². The Morgan fingerprint density at radius 2 is 2.00 bits per heavy atom. The molecule has 0 aliphatic heterocycles. The van der Waals surface area contributed by atoms with E-state index in [0.29, 0.717) is 11.3 Å². The number of sulfonamides is 1. The zero-order chi connectivity index (χ0) is 14.0. The van der Waals surface area contributed by atoms with Crippen LogP contribution in [0.15, 0.2) is 23.1 Å². The van der Waals surface area contributed by atoms with Crippen LogP contribution in [0.4, 0.5) is 0 Å². The van der Waals surface area contributed by atoms with Crippen molar-refractivity contribution in [2.45, 2.75) is 56.6 Å². The molecule has 2 unspecified atom stereocenters. The van der Waals surface area contributed by atoms with Gasteiger partial charge in [-0.25, -0.2) is 13.1 Å². The summed E-state index contributed by atoms with van der Waals surface area (Å²) in [4.78, 5) is 0.340. The summed E-state index contributed by atoms with van der Waals surface area (Å²) in [5, 5.41) is 9.61. The topological polar surface area (TPSA) is 66.4 Å². The highest BCUT2D eigenvalue weighted by Crippen LogP contribution is 2.22. The smallest absolute Gasteiger partial charge is 0.241 e. The third-order valence-corrected chi connectivity index (χ3v) is 5.26. The lowest BCUT2D eigenvalue weighted by atomic mass is 9.94. The molecule has 0 bridgehead atoms. The van der Waals surface area contributed by atoms with Crippen LogP contribution in [0.3, 0.4) is 0 Å². The van der Waals surface area contributed by atoms with Crippen molar-refractivity contribution in [2.24, 2.45) is 0 Å². The lowest BCUT2D eigenvalue weighted by molar-refractivity contribution is 0.117. The van der Waals surface area contributed by atoms with Gasteiger partial charge in [-0.1, -0.05) is 12.1 Å². The van der Waals surface area contributed by atoms with Gasteiger partial charge in [-0.05, 0) is 56.7 Å². The van der Waals surface area contributed by atoms with Crippen LogP contribution < -0.4 is 4.72 Å². The number of hydrogen-bond acceptors (Lipinski definition) is 3. The maximum Gasteiger partial charge on any atom is 0.241 e. The Hall–Kier alpha value is -0.910. The lowest BCUT2D eigenvalue weighted by Crippen LogP contribution is -2.39. The van der Waals surface area contributed by atoms with Crippen molar-refractivity contribution in [1.29, 1.82) is 0 Å². The second kappa shape index (κ2) is 5.61. The molecule has 1 saturated carbocycles. The van der Waals surface area contributed by atoms with Gasteiger partial charge in [-0.2, -0.15) is 0 Å². The number of aliphatic hydroxyl groups excluding tert-OH is 1. The van der Waals surface area contributed by atoms with Crippen molar-refractivity contribution >= 4 is 10.0 Å². The molecule has 19 heavy (non-hydrogen) atoms. The first kappa shape index (κ1) is 14.5. The van der Waals surface area contributed by atoms with Crippen molar-refractivity contribution in [1.82, 2.24) is 4.72 Å². The van der Waals surface area contributed by atoms with Gasteiger partial charge < -0.3 is 5.11 Å². The number of benzene rings is 1. The van der Waals surface area contributed by atoms with Crippen molar-refractivity contribution in [3.63, 3.8) is 0 Å². The van der Waals surface area contributed by atoms with Crippen LogP contribution in [-0.4, -0.2) is 25.7 Å². The molecule has 1 aliphatic rings. The molecule has 0 saturated heterocycles. The summed E-state index contributed by atoms with van der Waals surface area (Å²) in [6, 6.07) is 5.25. The van der Waals surface area contributed by atoms with Crippen LogP contribution in [0.2, 0.25) is 0 Å². The van der Waals surface area contributed by atoms with E-state index in [9.17, 15) is 13.5 Å². The molecule has 5 heteroatoms. The van der Waals surface area contributed by atoms with Crippen LogP contribution >= 0.6 is 0 Å². The summed E-state index contributed by atoms with van der Waals surface area (Å²) in [7, 11) is -3.50. The van der Waals surface area contributed by atoms with Crippen molar-refractivity contribution in [3.8, 4) is 0 Å². The first-order valence-electron chi connectivity index (χ1n) is 6.66. The van der Waals surface area contributed by atoms with E-state index in [2.05, 4.69) is 4.72 Å². The molecule has 4 nitrogen and oxygen atoms in total. The lowest BCUT2D eigenvalue weighted by Gasteiger charge is -2.26. The predicted molar refractivity (Wildman–Crippen MR) is 74.5 cm³/mol. The van der Waals surface area contributed by atoms with E-state index < -0.39 is 10.0 Å². The highest BCUT2D eigenvalue weighted by Gasteiger charge is 2.26. The van der Waals surface area contributed by atoms with Crippen LogP contribution in [0.1, 0.15) is 36.8 Å². The monoisotopic (exact) mass is 283 g/mol. The molecular formula is C14H21NO3S. The van der Waals surface area contributed by atoms with E-state index in [-0.39, 0.29) is 12.1 Å². The summed E-state index contributed by atoms with van der Waals surface area (Å²) in [5.74, 6) is 0. The minimum absolute atomic E-state index is 0.159. The standard InChI is InChI=1S/C14H21NO3S/c1-10-6-7-11(2)14(8-10)19(17,18)15-12-4-3-5-13(16)9-12/h6-8,12-13,15-16H,3-5,9H2,1-2H3. The van der Waals surface area contributed by atoms with E-state index in [1.54, 1.807) is 13.0 Å². The molecule has 1 aliphatic carbocycles. The Morgan fingerprint density at radius 3 is 2.68 bits per heavy atom. The van der Waals surface area contributed by atoms with Crippen LogP contribution in [0.5, 0.6) is 0 Å². The van der Waals surface area contributed by atoms with Gasteiger partial charge in [0.2, 0.25) is 10.0 Å². The SMILES string of the molecule is Cc1ccc(C)c(S(=O)(=O)NC2CCCC(O)C2)c1. The number of hydrogen-bond donors (Lipinski definition) is 2. The molecule has 0 heterocycles. The predicted octanol–water partition coefficient (Wildman–Crippen LogP) is 1.89. The Balaban J connectivity index is 2.20. The zero-order valence-corrected chi connectivity index (χ0v) is 12.2. The van der Waals surface area contributed by atoms with E-state index in [0.717, 1.165) is 30.4 Å². The third kappa shape index (κ3) is 3.55. The molecule has 0 amide bonds. The maximum atomic E-state index is 12.4. The van der Waals surface area contributed by atoms with Gasteiger partial charge in [0, 0.05) is 6.04 Å². The molecule has 0 aromatic heterocycles. The van der Waals surface area contributed by atoms with Crippen molar-refractivity contribution in [3.05, 3.63) is 29.3 Å². The first-order valence-corrected chi connectivity index (χ1v) is 8.14. The highest BCUT2D eigenvalue weighted by atomic mass is 32.2. The Labute approximate surface area is 114 Å². The van der Waals surface area contributed by atoms with Gasteiger partial charge >= 0.3 is 0 Å². The number of nitrogens with one attached hydrogen (secondary N) is 1. The summed E-state index contributed by atoms with van der Waals surface area (Å²) in [5.41, 5.74) is 1.67. The number of aryl methyl sites for hydroxylation is 2. The number of aliphatic hydroxyl groups is 1. The van der Waals surface area contributed by atoms with Gasteiger partial charge in [-0.15, -0.1) is 0 Å². The van der Waals surface area contributed by atoms with Gasteiger partial charge in [0.05, 0.1) is 11.0 Å². The summed E-state index contributed by atoms with van der Waals surface area (Å²) >= 11 is 0. The second-order valence-corrected chi connectivity index (χ2v) is 7.09. The molecular weight excluding hydrogens is 262 g/mol. The van der Waals surface area contributed by atoms with E-state index in [1.165, 1.54) is 0 Å². The second-order valence-electron chi connectivity index (χ2n) is 5.41. The molecule has 2 atom stereocenters. The molecule has 0 radical (unpaired) electrons. The number of rotatable bonds is 3. The molecule has 0 spiro atoms. The van der Waals surface area contributed by atoms with Gasteiger partial charge in [-0.3, -0.25) is 0 Å². The quantitative estimate of drug-likeness (QED) is 0.890. The van der Waals surface area contributed by atoms with Crippen molar-refractivity contribution in [2.75, 3.05) is 0 Å². The first-order chi connectivity index (χ1) is 8.88. The van der Waals surface area contributed by atoms with Crippen LogP contribution in [0.25, 0.3) is 0 Å². The molecule has 1 fully saturated rings. The van der Waals surface area contributed by atoms with Gasteiger partial charge in [0.15, 0.2) is 0 Å². The third-order valence-electron chi connectivity index (χ3n) is 3.60. The van der Waals surface area contributed by atoms with Crippen molar-refractivity contribution < 1.29 is 13.5 Å². The van der Waals surface area contributed by atoms with Gasteiger partial charge in [0.25, 0.3) is 0 Å². The maximum absolute atomic E-state index is 12.4. The fourth-order valence-corrected chi connectivity index (χ4v) is 4.16. The fourth-order valence-electron chi connectivity index (χ4n) is 2.55. The Bertz CT molecular complexity index is 554. The molecule has 1 aromatic carbocycles. The fraction of sp³-hybridized carbons (Fsp3) is 0.571. The van der Waals surface area contributed by atoms with E-state index in [1.807, 2.05) is 19.1 Å². The molecule has 2 N–H and O–H groups in total. The molecule has 106 valence electrons. The molecule has 2 rings (SSSR count). The average Bonchev–Trinajstić information content (AvgIpc) is 2.31. The minimum Gasteiger partial charge on any atom is -0.393 e. The average molecular weight is 283 g/mol. The Kier molecular flexibility index (Phi) is 4.28. The normalized spacial score (nSPS) is 24.4. The summed E-state index contributed by atoms with van der Waals surface area (Å²) < 4.78 is 27.5.